The van der Waals surface area contributed by atoms with Crippen molar-refractivity contribution < 1.29 is 4.79 Å². The van der Waals surface area contributed by atoms with Crippen molar-refractivity contribution in [3.63, 3.8) is 0 Å². The first-order valence-corrected chi connectivity index (χ1v) is 7.23. The highest BCUT2D eigenvalue weighted by Gasteiger charge is 2.16. The van der Waals surface area contributed by atoms with Crippen LogP contribution in [0.15, 0.2) is 30.5 Å². The van der Waals surface area contributed by atoms with Crippen LogP contribution in [-0.4, -0.2) is 20.5 Å². The number of rotatable bonds is 3. The number of anilines is 2. The maximum atomic E-state index is 12.4. The Kier molecular flexibility index (Phi) is 3.49. The molecule has 1 aromatic carbocycles. The Labute approximate surface area is 125 Å². The molecule has 7 heteroatoms. The number of nitrogens with zero attached hydrogens (tertiary/aromatic N) is 3. The first-order valence-electron chi connectivity index (χ1n) is 6.46. The van der Waals surface area contributed by atoms with Gasteiger partial charge in [0, 0.05) is 11.6 Å². The largest absolute Gasteiger partial charge is 0.397 e. The zero-order valence-corrected chi connectivity index (χ0v) is 12.1. The van der Waals surface area contributed by atoms with Crippen LogP contribution in [0.25, 0.3) is 10.9 Å². The Morgan fingerprint density at radius 2 is 2.24 bits per heavy atom. The van der Waals surface area contributed by atoms with Crippen LogP contribution in [0.3, 0.4) is 0 Å². The van der Waals surface area contributed by atoms with E-state index >= 15 is 0 Å². The minimum Gasteiger partial charge on any atom is -0.397 e. The zero-order valence-electron chi connectivity index (χ0n) is 11.3. The summed E-state index contributed by atoms with van der Waals surface area (Å²) in [6.07, 6.45) is 2.34. The van der Waals surface area contributed by atoms with E-state index in [0.717, 1.165) is 16.9 Å². The van der Waals surface area contributed by atoms with Gasteiger partial charge >= 0.3 is 0 Å². The molecule has 2 aromatic heterocycles. The van der Waals surface area contributed by atoms with Crippen LogP contribution in [0.4, 0.5) is 11.4 Å². The number of amides is 1. The van der Waals surface area contributed by atoms with Gasteiger partial charge in [0.05, 0.1) is 22.6 Å². The van der Waals surface area contributed by atoms with Crippen molar-refractivity contribution in [1.82, 2.24) is 14.6 Å². The van der Waals surface area contributed by atoms with E-state index in [4.69, 9.17) is 5.73 Å². The second-order valence-electron chi connectivity index (χ2n) is 4.46. The average molecular weight is 299 g/mol. The third kappa shape index (κ3) is 2.43. The monoisotopic (exact) mass is 299 g/mol. The number of nitrogens with two attached hydrogens (primary N) is 1. The van der Waals surface area contributed by atoms with Crippen LogP contribution in [0.2, 0.25) is 0 Å². The summed E-state index contributed by atoms with van der Waals surface area (Å²) in [6.45, 7) is 1.94. The Balaban J connectivity index is 1.99. The molecule has 3 aromatic rings. The van der Waals surface area contributed by atoms with Crippen LogP contribution in [0, 0.1) is 0 Å². The number of hydrogen-bond donors (Lipinski definition) is 2. The molecular weight excluding hydrogens is 286 g/mol. The highest BCUT2D eigenvalue weighted by Crippen LogP contribution is 2.27. The molecule has 0 aliphatic carbocycles. The second-order valence-corrected chi connectivity index (χ2v) is 5.21. The summed E-state index contributed by atoms with van der Waals surface area (Å²) < 4.78 is 3.83. The van der Waals surface area contributed by atoms with Crippen LogP contribution in [0.1, 0.15) is 22.3 Å². The number of aromatic nitrogens is 3. The number of carbonyl (C=O) groups is 1. The fourth-order valence-corrected chi connectivity index (χ4v) is 2.74. The summed E-state index contributed by atoms with van der Waals surface area (Å²) in [5.74, 6) is -0.211. The number of nitrogens with one attached hydrogen (secondary N) is 1. The molecule has 1 amide bonds. The van der Waals surface area contributed by atoms with Gasteiger partial charge in [-0.05, 0) is 42.2 Å². The molecule has 0 saturated heterocycles. The lowest BCUT2D eigenvalue weighted by atomic mass is 10.1. The smallest absolute Gasteiger partial charge is 0.269 e. The van der Waals surface area contributed by atoms with Gasteiger partial charge in [-0.3, -0.25) is 9.78 Å². The zero-order chi connectivity index (χ0) is 14.8. The molecule has 3 N–H and O–H groups in total. The van der Waals surface area contributed by atoms with Gasteiger partial charge in [0.1, 0.15) is 4.88 Å². The van der Waals surface area contributed by atoms with E-state index in [1.54, 1.807) is 18.3 Å². The highest BCUT2D eigenvalue weighted by atomic mass is 32.1. The van der Waals surface area contributed by atoms with Gasteiger partial charge in [-0.1, -0.05) is 11.4 Å². The first-order chi connectivity index (χ1) is 10.2. The summed E-state index contributed by atoms with van der Waals surface area (Å²) in [5, 5.41) is 7.64. The van der Waals surface area contributed by atoms with E-state index in [2.05, 4.69) is 19.9 Å². The summed E-state index contributed by atoms with van der Waals surface area (Å²) in [7, 11) is 0. The summed E-state index contributed by atoms with van der Waals surface area (Å²) in [6, 6.07) is 7.19. The average Bonchev–Trinajstić information content (AvgIpc) is 2.99. The molecule has 106 valence electrons. The second kappa shape index (κ2) is 5.45. The number of fused-ring (bicyclic) bond motifs is 1. The van der Waals surface area contributed by atoms with Gasteiger partial charge in [0.25, 0.3) is 5.91 Å². The van der Waals surface area contributed by atoms with Gasteiger partial charge in [-0.2, -0.15) is 0 Å². The highest BCUT2D eigenvalue weighted by molar-refractivity contribution is 7.08. The SMILES string of the molecule is CCc1nnsc1C(=O)Nc1ccc(N)c2ncccc12. The molecule has 0 bridgehead atoms. The predicted octanol–water partition coefficient (Wildman–Crippen LogP) is 2.48. The van der Waals surface area contributed by atoms with E-state index < -0.39 is 0 Å². The minimum absolute atomic E-state index is 0.211. The molecule has 0 aliphatic rings. The Morgan fingerprint density at radius 3 is 3.05 bits per heavy atom. The maximum absolute atomic E-state index is 12.4. The van der Waals surface area contributed by atoms with E-state index in [1.807, 2.05) is 19.1 Å². The van der Waals surface area contributed by atoms with Gasteiger partial charge in [-0.25, -0.2) is 0 Å². The van der Waals surface area contributed by atoms with Gasteiger partial charge in [-0.15, -0.1) is 5.10 Å². The third-order valence-corrected chi connectivity index (χ3v) is 3.91. The van der Waals surface area contributed by atoms with Crippen molar-refractivity contribution in [3.8, 4) is 0 Å². The fraction of sp³-hybridized carbons (Fsp3) is 0.143. The maximum Gasteiger partial charge on any atom is 0.269 e. The molecule has 3 rings (SSSR count). The number of nitrogen functional groups attached to an aromatic ring is 1. The molecular formula is C14H13N5OS. The van der Waals surface area contributed by atoms with Gasteiger partial charge in [0.2, 0.25) is 0 Å². The molecule has 0 radical (unpaired) electrons. The van der Waals surface area contributed by atoms with Crippen LogP contribution in [0.5, 0.6) is 0 Å². The molecule has 0 spiro atoms. The Morgan fingerprint density at radius 1 is 1.38 bits per heavy atom. The number of aryl methyl sites for hydroxylation is 1. The lowest BCUT2D eigenvalue weighted by Crippen LogP contribution is -2.12. The van der Waals surface area contributed by atoms with E-state index in [1.165, 1.54) is 0 Å². The predicted molar refractivity (Wildman–Crippen MR) is 83.4 cm³/mol. The molecule has 0 saturated carbocycles. The number of pyridine rings is 1. The lowest BCUT2D eigenvalue weighted by molar-refractivity contribution is 0.102. The van der Waals surface area contributed by atoms with E-state index in [9.17, 15) is 4.79 Å². The molecule has 2 heterocycles. The molecule has 0 unspecified atom stereocenters. The van der Waals surface area contributed by atoms with Crippen molar-refractivity contribution in [2.45, 2.75) is 13.3 Å². The summed E-state index contributed by atoms with van der Waals surface area (Å²) in [5.41, 5.74) is 8.54. The molecule has 21 heavy (non-hydrogen) atoms. The third-order valence-electron chi connectivity index (χ3n) is 3.15. The number of hydrogen-bond acceptors (Lipinski definition) is 6. The van der Waals surface area contributed by atoms with E-state index in [0.29, 0.717) is 33.9 Å². The summed E-state index contributed by atoms with van der Waals surface area (Å²) in [4.78, 5) is 17.1. The Hall–Kier alpha value is -2.54. The number of benzene rings is 1. The van der Waals surface area contributed by atoms with Crippen LogP contribution >= 0.6 is 11.5 Å². The standard InChI is InChI=1S/C14H13N5OS/c1-2-10-13(21-19-18-10)14(20)17-11-6-5-9(15)12-8(11)4-3-7-16-12/h3-7H,2,15H2,1H3,(H,17,20). The molecule has 0 aliphatic heterocycles. The van der Waals surface area contributed by atoms with Crippen molar-refractivity contribution >= 4 is 39.7 Å². The van der Waals surface area contributed by atoms with Crippen molar-refractivity contribution in [3.05, 3.63) is 41.0 Å². The van der Waals surface area contributed by atoms with Crippen molar-refractivity contribution in [2.24, 2.45) is 0 Å². The molecule has 0 atom stereocenters. The fourth-order valence-electron chi connectivity index (χ4n) is 2.09. The van der Waals surface area contributed by atoms with Crippen LogP contribution in [-0.2, 0) is 6.42 Å². The lowest BCUT2D eigenvalue weighted by Gasteiger charge is -2.09. The molecule has 6 nitrogen and oxygen atoms in total. The quantitative estimate of drug-likeness (QED) is 0.725. The normalized spacial score (nSPS) is 10.7. The van der Waals surface area contributed by atoms with Gasteiger partial charge in [0.15, 0.2) is 0 Å². The van der Waals surface area contributed by atoms with E-state index in [-0.39, 0.29) is 5.91 Å². The van der Waals surface area contributed by atoms with Crippen LogP contribution < -0.4 is 11.1 Å². The van der Waals surface area contributed by atoms with Crippen molar-refractivity contribution in [2.75, 3.05) is 11.1 Å². The van der Waals surface area contributed by atoms with Gasteiger partial charge < -0.3 is 11.1 Å². The first kappa shape index (κ1) is 13.4. The minimum atomic E-state index is -0.211. The Bertz CT molecular complexity index is 814. The van der Waals surface area contributed by atoms with Crippen molar-refractivity contribution in [1.29, 1.82) is 0 Å². The topological polar surface area (TPSA) is 93.8 Å². The summed E-state index contributed by atoms with van der Waals surface area (Å²) >= 11 is 1.10. The number of carbonyl (C=O) groups excluding carboxylic acids is 1. The molecule has 0 fully saturated rings.